The van der Waals surface area contributed by atoms with Crippen LogP contribution in [0.15, 0.2) is 24.3 Å². The molecule has 1 heterocycles. The predicted molar refractivity (Wildman–Crippen MR) is 65.1 cm³/mol. The van der Waals surface area contributed by atoms with Crippen LogP contribution >= 0.6 is 0 Å². The Hall–Kier alpha value is -1.71. The molecule has 0 saturated carbocycles. The first kappa shape index (κ1) is 12.7. The third-order valence-corrected chi connectivity index (χ3v) is 3.76. The molecule has 2 unspecified atom stereocenters. The normalized spacial score (nSPS) is 28.1. The van der Waals surface area contributed by atoms with Crippen molar-refractivity contribution >= 4 is 11.8 Å². The standard InChI is InChI=1S/C14H16FNO2/c1-9-13(18)16-12(17)8-14(9,2)7-10-4-3-5-11(15)6-10/h3-6,9H,7-8H2,1-2H3,(H,16,17,18). The zero-order valence-electron chi connectivity index (χ0n) is 10.5. The van der Waals surface area contributed by atoms with Gasteiger partial charge in [0.1, 0.15) is 5.82 Å². The summed E-state index contributed by atoms with van der Waals surface area (Å²) >= 11 is 0. The number of nitrogens with one attached hydrogen (secondary N) is 1. The Bertz CT molecular complexity index is 500. The van der Waals surface area contributed by atoms with E-state index >= 15 is 0 Å². The zero-order valence-corrected chi connectivity index (χ0v) is 10.5. The van der Waals surface area contributed by atoms with Crippen LogP contribution in [0.25, 0.3) is 0 Å². The molecule has 0 radical (unpaired) electrons. The van der Waals surface area contributed by atoms with E-state index in [1.54, 1.807) is 13.0 Å². The lowest BCUT2D eigenvalue weighted by Crippen LogP contribution is -2.50. The fourth-order valence-corrected chi connectivity index (χ4v) is 2.46. The number of hydrogen-bond acceptors (Lipinski definition) is 2. The Morgan fingerprint density at radius 2 is 2.17 bits per heavy atom. The van der Waals surface area contributed by atoms with Crippen LogP contribution in [-0.2, 0) is 16.0 Å². The Morgan fingerprint density at radius 1 is 1.44 bits per heavy atom. The molecule has 2 amide bonds. The highest BCUT2D eigenvalue weighted by molar-refractivity contribution is 5.99. The number of rotatable bonds is 2. The number of carbonyl (C=O) groups excluding carboxylic acids is 2. The van der Waals surface area contributed by atoms with Gasteiger partial charge >= 0.3 is 0 Å². The molecular weight excluding hydrogens is 233 g/mol. The molecule has 1 aromatic rings. The average molecular weight is 249 g/mol. The molecule has 2 atom stereocenters. The molecule has 1 aliphatic rings. The first-order valence-electron chi connectivity index (χ1n) is 5.99. The van der Waals surface area contributed by atoms with E-state index in [0.29, 0.717) is 6.42 Å². The van der Waals surface area contributed by atoms with Gasteiger partial charge in [-0.2, -0.15) is 0 Å². The summed E-state index contributed by atoms with van der Waals surface area (Å²) in [6, 6.07) is 6.30. The SMILES string of the molecule is CC1C(=O)NC(=O)CC1(C)Cc1cccc(F)c1. The number of carbonyl (C=O) groups is 2. The second kappa shape index (κ2) is 4.52. The number of amides is 2. The third-order valence-electron chi connectivity index (χ3n) is 3.76. The molecule has 0 aromatic heterocycles. The van der Waals surface area contributed by atoms with Gasteiger partial charge in [0.2, 0.25) is 11.8 Å². The van der Waals surface area contributed by atoms with E-state index in [2.05, 4.69) is 5.32 Å². The van der Waals surface area contributed by atoms with Crippen LogP contribution in [0.5, 0.6) is 0 Å². The van der Waals surface area contributed by atoms with Crippen molar-refractivity contribution < 1.29 is 14.0 Å². The monoisotopic (exact) mass is 249 g/mol. The summed E-state index contributed by atoms with van der Waals surface area (Å²) in [6.45, 7) is 3.71. The molecule has 1 saturated heterocycles. The first-order chi connectivity index (χ1) is 8.40. The molecule has 0 spiro atoms. The number of benzene rings is 1. The highest BCUT2D eigenvalue weighted by Crippen LogP contribution is 2.37. The third kappa shape index (κ3) is 2.42. The van der Waals surface area contributed by atoms with Crippen molar-refractivity contribution in [2.24, 2.45) is 11.3 Å². The Labute approximate surface area is 105 Å². The predicted octanol–water partition coefficient (Wildman–Crippen LogP) is 2.06. The number of imide groups is 1. The van der Waals surface area contributed by atoms with Gasteiger partial charge in [-0.25, -0.2) is 4.39 Å². The molecule has 3 nitrogen and oxygen atoms in total. The van der Waals surface area contributed by atoms with Crippen LogP contribution in [-0.4, -0.2) is 11.8 Å². The highest BCUT2D eigenvalue weighted by Gasteiger charge is 2.42. The maximum absolute atomic E-state index is 13.2. The van der Waals surface area contributed by atoms with Gasteiger partial charge in [0.15, 0.2) is 0 Å². The minimum Gasteiger partial charge on any atom is -0.296 e. The molecule has 18 heavy (non-hydrogen) atoms. The minimum absolute atomic E-state index is 0.245. The van der Waals surface area contributed by atoms with Gasteiger partial charge in [0.25, 0.3) is 0 Å². The van der Waals surface area contributed by atoms with Crippen LogP contribution in [0.4, 0.5) is 4.39 Å². The van der Waals surface area contributed by atoms with E-state index in [4.69, 9.17) is 0 Å². The average Bonchev–Trinajstić information content (AvgIpc) is 2.25. The molecule has 2 rings (SSSR count). The van der Waals surface area contributed by atoms with Crippen molar-refractivity contribution in [3.63, 3.8) is 0 Å². The van der Waals surface area contributed by atoms with E-state index in [1.165, 1.54) is 12.1 Å². The van der Waals surface area contributed by atoms with Gasteiger partial charge in [-0.1, -0.05) is 26.0 Å². The van der Waals surface area contributed by atoms with Crippen LogP contribution < -0.4 is 5.32 Å². The fourth-order valence-electron chi connectivity index (χ4n) is 2.46. The fraction of sp³-hybridized carbons (Fsp3) is 0.429. The molecule has 0 bridgehead atoms. The van der Waals surface area contributed by atoms with E-state index in [9.17, 15) is 14.0 Å². The lowest BCUT2D eigenvalue weighted by molar-refractivity contribution is -0.142. The van der Waals surface area contributed by atoms with E-state index in [-0.39, 0.29) is 30.0 Å². The van der Waals surface area contributed by atoms with Crippen LogP contribution in [0.2, 0.25) is 0 Å². The largest absolute Gasteiger partial charge is 0.296 e. The summed E-state index contributed by atoms with van der Waals surface area (Å²) in [6.07, 6.45) is 0.807. The van der Waals surface area contributed by atoms with Gasteiger partial charge < -0.3 is 0 Å². The molecule has 96 valence electrons. The smallest absolute Gasteiger partial charge is 0.229 e. The Kier molecular flexibility index (Phi) is 3.20. The molecule has 0 aliphatic carbocycles. The maximum Gasteiger partial charge on any atom is 0.229 e. The summed E-state index contributed by atoms with van der Waals surface area (Å²) in [5.41, 5.74) is 0.361. The van der Waals surface area contributed by atoms with E-state index in [1.807, 2.05) is 13.0 Å². The summed E-state index contributed by atoms with van der Waals surface area (Å²) in [5, 5.41) is 2.33. The number of hydrogen-bond donors (Lipinski definition) is 1. The number of piperidine rings is 1. The van der Waals surface area contributed by atoms with Gasteiger partial charge in [0, 0.05) is 12.3 Å². The summed E-state index contributed by atoms with van der Waals surface area (Å²) in [5.74, 6) is -1.06. The van der Waals surface area contributed by atoms with Gasteiger partial charge in [0.05, 0.1) is 0 Å². The second-order valence-electron chi connectivity index (χ2n) is 5.27. The summed E-state index contributed by atoms with van der Waals surface area (Å²) in [7, 11) is 0. The first-order valence-corrected chi connectivity index (χ1v) is 5.99. The van der Waals surface area contributed by atoms with Gasteiger partial charge in [-0.3, -0.25) is 14.9 Å². The van der Waals surface area contributed by atoms with Crippen molar-refractivity contribution in [2.45, 2.75) is 26.7 Å². The molecule has 1 aromatic carbocycles. The molecule has 1 N–H and O–H groups in total. The molecule has 1 aliphatic heterocycles. The van der Waals surface area contributed by atoms with Crippen molar-refractivity contribution in [3.8, 4) is 0 Å². The highest BCUT2D eigenvalue weighted by atomic mass is 19.1. The van der Waals surface area contributed by atoms with Gasteiger partial charge in [-0.15, -0.1) is 0 Å². The Morgan fingerprint density at radius 3 is 2.83 bits per heavy atom. The topological polar surface area (TPSA) is 46.2 Å². The minimum atomic E-state index is -0.451. The van der Waals surface area contributed by atoms with Crippen molar-refractivity contribution in [1.29, 1.82) is 0 Å². The van der Waals surface area contributed by atoms with Crippen LogP contribution in [0, 0.1) is 17.2 Å². The second-order valence-corrected chi connectivity index (χ2v) is 5.27. The molecule has 1 fully saturated rings. The summed E-state index contributed by atoms with van der Waals surface area (Å²) in [4.78, 5) is 23.2. The maximum atomic E-state index is 13.2. The van der Waals surface area contributed by atoms with E-state index in [0.717, 1.165) is 5.56 Å². The molecule has 4 heteroatoms. The van der Waals surface area contributed by atoms with Crippen LogP contribution in [0.1, 0.15) is 25.8 Å². The zero-order chi connectivity index (χ0) is 13.3. The lowest BCUT2D eigenvalue weighted by Gasteiger charge is -2.38. The van der Waals surface area contributed by atoms with Crippen molar-refractivity contribution in [1.82, 2.24) is 5.32 Å². The lowest BCUT2D eigenvalue weighted by atomic mass is 9.69. The van der Waals surface area contributed by atoms with Gasteiger partial charge in [-0.05, 0) is 29.5 Å². The Balaban J connectivity index is 2.25. The van der Waals surface area contributed by atoms with Crippen molar-refractivity contribution in [2.75, 3.05) is 0 Å². The quantitative estimate of drug-likeness (QED) is 0.815. The van der Waals surface area contributed by atoms with E-state index < -0.39 is 5.41 Å². The molecular formula is C14H16FNO2. The van der Waals surface area contributed by atoms with Crippen LogP contribution in [0.3, 0.4) is 0 Å². The van der Waals surface area contributed by atoms with Crippen molar-refractivity contribution in [3.05, 3.63) is 35.6 Å². The summed E-state index contributed by atoms with van der Waals surface area (Å²) < 4.78 is 13.2. The number of halogens is 1.